The lowest BCUT2D eigenvalue weighted by atomic mass is 10.1. The van der Waals surface area contributed by atoms with Crippen molar-refractivity contribution in [3.8, 4) is 5.75 Å². The van der Waals surface area contributed by atoms with Crippen LogP contribution in [0.25, 0.3) is 0 Å². The van der Waals surface area contributed by atoms with E-state index in [9.17, 15) is 19.3 Å². The number of benzene rings is 1. The van der Waals surface area contributed by atoms with Crippen LogP contribution in [0, 0.1) is 15.9 Å². The van der Waals surface area contributed by atoms with E-state index in [4.69, 9.17) is 0 Å². The molecule has 0 N–H and O–H groups in total. The number of hydrogen-bond acceptors (Lipinski definition) is 4. The molecule has 0 heterocycles. The maximum absolute atomic E-state index is 13.4. The summed E-state index contributed by atoms with van der Waals surface area (Å²) in [5.41, 5.74) is -0.631. The van der Waals surface area contributed by atoms with Crippen LogP contribution >= 0.6 is 15.9 Å². The van der Waals surface area contributed by atoms with Gasteiger partial charge in [0.1, 0.15) is 0 Å². The average Bonchev–Trinajstić information content (AvgIpc) is 2.26. The maximum Gasteiger partial charge on any atom is 0.314 e. The van der Waals surface area contributed by atoms with Crippen LogP contribution in [0.15, 0.2) is 12.1 Å². The Balaban J connectivity index is 3.39. The summed E-state index contributed by atoms with van der Waals surface area (Å²) >= 11 is 2.90. The van der Waals surface area contributed by atoms with Crippen molar-refractivity contribution in [3.63, 3.8) is 0 Å². The third kappa shape index (κ3) is 2.35. The van der Waals surface area contributed by atoms with Gasteiger partial charge in [0.05, 0.1) is 17.4 Å². The van der Waals surface area contributed by atoms with Gasteiger partial charge in [0.25, 0.3) is 0 Å². The molecule has 0 saturated carbocycles. The fraction of sp³-hybridized carbons (Fsp3) is 0.222. The van der Waals surface area contributed by atoms with Crippen LogP contribution in [0.1, 0.15) is 10.4 Å². The van der Waals surface area contributed by atoms with E-state index < -0.39 is 28.0 Å². The van der Waals surface area contributed by atoms with Gasteiger partial charge in [0, 0.05) is 11.6 Å². The first kappa shape index (κ1) is 12.6. The zero-order valence-electron chi connectivity index (χ0n) is 8.20. The molecule has 0 bridgehead atoms. The second-order valence-corrected chi connectivity index (χ2v) is 3.39. The molecule has 0 atom stereocenters. The van der Waals surface area contributed by atoms with E-state index in [0.29, 0.717) is 0 Å². The normalized spacial score (nSPS) is 9.94. The molecule has 0 saturated heterocycles. The first-order valence-electron chi connectivity index (χ1n) is 4.12. The standard InChI is InChI=1S/C9H7BrFNO4/c1-16-9-6(11)2-5(8(13)4-10)3-7(9)12(14)15/h2-3H,4H2,1H3. The van der Waals surface area contributed by atoms with Crippen LogP contribution in [0.2, 0.25) is 0 Å². The molecule has 0 fully saturated rings. The predicted molar refractivity (Wildman–Crippen MR) is 57.7 cm³/mol. The average molecular weight is 292 g/mol. The lowest BCUT2D eigenvalue weighted by Gasteiger charge is -2.04. The number of rotatable bonds is 4. The van der Waals surface area contributed by atoms with E-state index in [1.807, 2.05) is 0 Å². The van der Waals surface area contributed by atoms with Gasteiger partial charge in [-0.15, -0.1) is 0 Å². The summed E-state index contributed by atoms with van der Waals surface area (Å²) in [5.74, 6) is -1.85. The Morgan fingerprint density at radius 3 is 2.69 bits per heavy atom. The van der Waals surface area contributed by atoms with Crippen molar-refractivity contribution in [1.29, 1.82) is 0 Å². The summed E-state index contributed by atoms with van der Waals surface area (Å²) in [5, 5.41) is 10.6. The number of alkyl halides is 1. The van der Waals surface area contributed by atoms with Gasteiger partial charge in [-0.3, -0.25) is 14.9 Å². The molecule has 0 radical (unpaired) electrons. The fourth-order valence-electron chi connectivity index (χ4n) is 1.15. The number of nitrogens with zero attached hydrogens (tertiary/aromatic N) is 1. The first-order chi connectivity index (χ1) is 7.51. The Morgan fingerprint density at radius 2 is 2.25 bits per heavy atom. The van der Waals surface area contributed by atoms with Crippen molar-refractivity contribution in [3.05, 3.63) is 33.6 Å². The predicted octanol–water partition coefficient (Wildman–Crippen LogP) is 2.32. The number of carbonyl (C=O) groups excluding carboxylic acids is 1. The molecule has 0 aliphatic carbocycles. The number of ketones is 1. The van der Waals surface area contributed by atoms with Gasteiger partial charge in [0.2, 0.25) is 5.75 Å². The molecule has 16 heavy (non-hydrogen) atoms. The molecule has 1 aromatic rings. The summed E-state index contributed by atoms with van der Waals surface area (Å²) in [4.78, 5) is 21.1. The van der Waals surface area contributed by atoms with Crippen LogP contribution < -0.4 is 4.74 Å². The van der Waals surface area contributed by atoms with E-state index in [2.05, 4.69) is 20.7 Å². The number of nitro benzene ring substituents is 1. The summed E-state index contributed by atoms with van der Waals surface area (Å²) < 4.78 is 17.9. The molecule has 0 amide bonds. The molecule has 0 unspecified atom stereocenters. The smallest absolute Gasteiger partial charge is 0.314 e. The molecule has 5 nitrogen and oxygen atoms in total. The van der Waals surface area contributed by atoms with Crippen molar-refractivity contribution in [2.45, 2.75) is 0 Å². The number of ether oxygens (including phenoxy) is 1. The Morgan fingerprint density at radius 1 is 1.62 bits per heavy atom. The minimum absolute atomic E-state index is 0.0318. The number of carbonyl (C=O) groups is 1. The lowest BCUT2D eigenvalue weighted by Crippen LogP contribution is -2.04. The molecule has 0 aliphatic heterocycles. The van der Waals surface area contributed by atoms with Crippen molar-refractivity contribution >= 4 is 27.4 Å². The summed E-state index contributed by atoms with van der Waals surface area (Å²) in [6.45, 7) is 0. The molecular weight excluding hydrogens is 285 g/mol. The monoisotopic (exact) mass is 291 g/mol. The highest BCUT2D eigenvalue weighted by Crippen LogP contribution is 2.31. The molecule has 0 aliphatic rings. The molecule has 86 valence electrons. The van der Waals surface area contributed by atoms with Crippen LogP contribution in [0.4, 0.5) is 10.1 Å². The zero-order valence-corrected chi connectivity index (χ0v) is 9.78. The first-order valence-corrected chi connectivity index (χ1v) is 5.24. The Kier molecular flexibility index (Phi) is 3.94. The van der Waals surface area contributed by atoms with Crippen molar-refractivity contribution < 1.29 is 18.8 Å². The maximum atomic E-state index is 13.4. The van der Waals surface area contributed by atoms with Gasteiger partial charge in [0.15, 0.2) is 11.6 Å². The second kappa shape index (κ2) is 5.02. The quantitative estimate of drug-likeness (QED) is 0.369. The van der Waals surface area contributed by atoms with Gasteiger partial charge in [-0.25, -0.2) is 4.39 Å². The van der Waals surface area contributed by atoms with E-state index >= 15 is 0 Å². The van der Waals surface area contributed by atoms with Gasteiger partial charge in [-0.05, 0) is 6.07 Å². The third-order valence-electron chi connectivity index (χ3n) is 1.87. The highest BCUT2D eigenvalue weighted by atomic mass is 79.9. The molecule has 7 heteroatoms. The van der Waals surface area contributed by atoms with E-state index in [0.717, 1.165) is 19.2 Å². The van der Waals surface area contributed by atoms with Crippen LogP contribution in [0.3, 0.4) is 0 Å². The largest absolute Gasteiger partial charge is 0.488 e. The number of nitro groups is 1. The highest BCUT2D eigenvalue weighted by molar-refractivity contribution is 9.09. The lowest BCUT2D eigenvalue weighted by molar-refractivity contribution is -0.386. The van der Waals surface area contributed by atoms with Gasteiger partial charge in [-0.2, -0.15) is 0 Å². The van der Waals surface area contributed by atoms with E-state index in [1.54, 1.807) is 0 Å². The second-order valence-electron chi connectivity index (χ2n) is 2.82. The number of hydrogen-bond donors (Lipinski definition) is 0. The molecule has 0 spiro atoms. The molecule has 1 rings (SSSR count). The Bertz CT molecular complexity index is 449. The molecule has 1 aromatic carbocycles. The van der Waals surface area contributed by atoms with Crippen molar-refractivity contribution in [2.24, 2.45) is 0 Å². The minimum Gasteiger partial charge on any atom is -0.488 e. The molecule has 0 aromatic heterocycles. The van der Waals surface area contributed by atoms with Crippen molar-refractivity contribution in [2.75, 3.05) is 12.4 Å². The minimum atomic E-state index is -0.930. The van der Waals surface area contributed by atoms with Crippen LogP contribution in [-0.4, -0.2) is 23.1 Å². The number of Topliss-reactive ketones (excluding diaryl/α,β-unsaturated/α-hetero) is 1. The molecular formula is C9H7BrFNO4. The van der Waals surface area contributed by atoms with Crippen LogP contribution in [-0.2, 0) is 0 Å². The van der Waals surface area contributed by atoms with Crippen LogP contribution in [0.5, 0.6) is 5.75 Å². The number of methoxy groups -OCH3 is 1. The topological polar surface area (TPSA) is 69.4 Å². The van der Waals surface area contributed by atoms with E-state index in [-0.39, 0.29) is 10.9 Å². The Hall–Kier alpha value is -1.50. The summed E-state index contributed by atoms with van der Waals surface area (Å²) in [6, 6.07) is 1.90. The van der Waals surface area contributed by atoms with Crippen molar-refractivity contribution in [1.82, 2.24) is 0 Å². The number of halogens is 2. The summed E-state index contributed by atoms with van der Waals surface area (Å²) in [6.07, 6.45) is 0. The Labute approximate surface area is 98.5 Å². The fourth-order valence-corrected chi connectivity index (χ4v) is 1.48. The van der Waals surface area contributed by atoms with Gasteiger partial charge >= 0.3 is 5.69 Å². The van der Waals surface area contributed by atoms with Gasteiger partial charge in [-0.1, -0.05) is 15.9 Å². The zero-order chi connectivity index (χ0) is 12.3. The highest BCUT2D eigenvalue weighted by Gasteiger charge is 2.22. The van der Waals surface area contributed by atoms with E-state index in [1.165, 1.54) is 0 Å². The SMILES string of the molecule is COc1c(F)cc(C(=O)CBr)cc1[N+](=O)[O-]. The van der Waals surface area contributed by atoms with Gasteiger partial charge < -0.3 is 4.74 Å². The third-order valence-corrected chi connectivity index (χ3v) is 2.38. The summed E-state index contributed by atoms with van der Waals surface area (Å²) in [7, 11) is 1.12.